The number of methoxy groups -OCH3 is 1. The van der Waals surface area contributed by atoms with Gasteiger partial charge in [0.2, 0.25) is 0 Å². The number of rotatable bonds is 8. The topological polar surface area (TPSA) is 55.8 Å². The molecule has 0 aliphatic carbocycles. The van der Waals surface area contributed by atoms with E-state index < -0.39 is 5.97 Å². The van der Waals surface area contributed by atoms with E-state index in [1.807, 2.05) is 12.1 Å². The first-order valence-corrected chi connectivity index (χ1v) is 7.73. The molecular weight excluding hydrogens is 371 g/mol. The normalized spacial score (nSPS) is 10.7. The van der Waals surface area contributed by atoms with Crippen molar-refractivity contribution in [2.75, 3.05) is 13.7 Å². The Morgan fingerprint density at radius 3 is 2.60 bits per heavy atom. The van der Waals surface area contributed by atoms with E-state index in [1.54, 1.807) is 7.11 Å². The molecule has 1 rings (SSSR count). The van der Waals surface area contributed by atoms with E-state index >= 15 is 0 Å². The number of benzene rings is 1. The molecule has 0 radical (unpaired) electrons. The molecule has 5 heteroatoms. The SMILES string of the molecule is COc1cc(CC(C)C)c(OCCCC(=O)O)cc1I. The van der Waals surface area contributed by atoms with Gasteiger partial charge in [0.1, 0.15) is 11.5 Å². The Morgan fingerprint density at radius 1 is 1.35 bits per heavy atom. The zero-order valence-corrected chi connectivity index (χ0v) is 14.3. The number of carbonyl (C=O) groups is 1. The fraction of sp³-hybridized carbons (Fsp3) is 0.533. The lowest BCUT2D eigenvalue weighted by molar-refractivity contribution is -0.137. The van der Waals surface area contributed by atoms with E-state index in [2.05, 4.69) is 36.4 Å². The maximum absolute atomic E-state index is 10.5. The van der Waals surface area contributed by atoms with Crippen LogP contribution in [0.25, 0.3) is 0 Å². The summed E-state index contributed by atoms with van der Waals surface area (Å²) in [6, 6.07) is 3.96. The number of hydrogen-bond acceptors (Lipinski definition) is 3. The van der Waals surface area contributed by atoms with Crippen molar-refractivity contribution in [1.29, 1.82) is 0 Å². The molecule has 0 amide bonds. The Labute approximate surface area is 133 Å². The molecule has 0 atom stereocenters. The van der Waals surface area contributed by atoms with E-state index in [0.717, 1.165) is 27.1 Å². The van der Waals surface area contributed by atoms with Gasteiger partial charge in [-0.3, -0.25) is 4.79 Å². The second-order valence-corrected chi connectivity index (χ2v) is 6.20. The second kappa shape index (κ2) is 8.34. The van der Waals surface area contributed by atoms with Crippen molar-refractivity contribution >= 4 is 28.6 Å². The number of hydrogen-bond donors (Lipinski definition) is 1. The van der Waals surface area contributed by atoms with Gasteiger partial charge in [-0.1, -0.05) is 13.8 Å². The lowest BCUT2D eigenvalue weighted by atomic mass is 10.0. The average molecular weight is 392 g/mol. The molecule has 1 N–H and O–H groups in total. The van der Waals surface area contributed by atoms with Crippen molar-refractivity contribution in [1.82, 2.24) is 0 Å². The average Bonchev–Trinajstić information content (AvgIpc) is 2.36. The summed E-state index contributed by atoms with van der Waals surface area (Å²) in [5.41, 5.74) is 1.10. The van der Waals surface area contributed by atoms with Crippen LogP contribution in [0.4, 0.5) is 0 Å². The number of aliphatic carboxylic acids is 1. The van der Waals surface area contributed by atoms with E-state index in [-0.39, 0.29) is 6.42 Å². The van der Waals surface area contributed by atoms with Crippen LogP contribution in [0.3, 0.4) is 0 Å². The van der Waals surface area contributed by atoms with Gasteiger partial charge in [-0.25, -0.2) is 0 Å². The van der Waals surface area contributed by atoms with Gasteiger partial charge in [0.15, 0.2) is 0 Å². The highest BCUT2D eigenvalue weighted by Gasteiger charge is 2.12. The lowest BCUT2D eigenvalue weighted by Gasteiger charge is -2.15. The van der Waals surface area contributed by atoms with Crippen molar-refractivity contribution in [3.8, 4) is 11.5 Å². The third-order valence-corrected chi connectivity index (χ3v) is 3.60. The van der Waals surface area contributed by atoms with Crippen LogP contribution in [0.15, 0.2) is 12.1 Å². The van der Waals surface area contributed by atoms with Crippen molar-refractivity contribution in [2.45, 2.75) is 33.1 Å². The number of ether oxygens (including phenoxy) is 2. The minimum absolute atomic E-state index is 0.132. The van der Waals surface area contributed by atoms with E-state index in [0.29, 0.717) is 18.9 Å². The van der Waals surface area contributed by atoms with Gasteiger partial charge < -0.3 is 14.6 Å². The smallest absolute Gasteiger partial charge is 0.303 e. The highest BCUT2D eigenvalue weighted by atomic mass is 127. The summed E-state index contributed by atoms with van der Waals surface area (Å²) in [7, 11) is 1.66. The zero-order chi connectivity index (χ0) is 15.1. The molecule has 0 heterocycles. The van der Waals surface area contributed by atoms with Gasteiger partial charge in [-0.05, 0) is 59.0 Å². The van der Waals surface area contributed by atoms with E-state index in [9.17, 15) is 4.79 Å². The molecule has 0 bridgehead atoms. The van der Waals surface area contributed by atoms with Gasteiger partial charge in [-0.15, -0.1) is 0 Å². The van der Waals surface area contributed by atoms with Crippen LogP contribution >= 0.6 is 22.6 Å². The maximum atomic E-state index is 10.5. The van der Waals surface area contributed by atoms with Gasteiger partial charge in [-0.2, -0.15) is 0 Å². The van der Waals surface area contributed by atoms with Crippen LogP contribution in [-0.4, -0.2) is 24.8 Å². The molecule has 20 heavy (non-hydrogen) atoms. The fourth-order valence-electron chi connectivity index (χ4n) is 1.87. The summed E-state index contributed by atoms with van der Waals surface area (Å²) < 4.78 is 12.1. The fourth-order valence-corrected chi connectivity index (χ4v) is 2.53. The molecule has 1 aromatic carbocycles. The Balaban J connectivity index is 2.80. The molecule has 4 nitrogen and oxygen atoms in total. The van der Waals surface area contributed by atoms with Crippen LogP contribution in [0.5, 0.6) is 11.5 Å². The first kappa shape index (κ1) is 17.1. The molecule has 112 valence electrons. The first-order valence-electron chi connectivity index (χ1n) is 6.65. The molecule has 0 aliphatic heterocycles. The Bertz CT molecular complexity index is 457. The summed E-state index contributed by atoms with van der Waals surface area (Å²) in [5, 5.41) is 8.62. The van der Waals surface area contributed by atoms with Gasteiger partial charge in [0.05, 0.1) is 17.3 Å². The van der Waals surface area contributed by atoms with E-state index in [1.165, 1.54) is 0 Å². The number of halogens is 1. The van der Waals surface area contributed by atoms with Crippen molar-refractivity contribution in [2.24, 2.45) is 5.92 Å². The highest BCUT2D eigenvalue weighted by Crippen LogP contribution is 2.31. The predicted molar refractivity (Wildman–Crippen MR) is 86.6 cm³/mol. The van der Waals surface area contributed by atoms with Crippen LogP contribution in [0.2, 0.25) is 0 Å². The molecule has 0 saturated carbocycles. The third-order valence-electron chi connectivity index (χ3n) is 2.76. The van der Waals surface area contributed by atoms with E-state index in [4.69, 9.17) is 14.6 Å². The molecule has 0 aromatic heterocycles. The summed E-state index contributed by atoms with van der Waals surface area (Å²) in [5.74, 6) is 1.40. The van der Waals surface area contributed by atoms with Crippen LogP contribution < -0.4 is 9.47 Å². The van der Waals surface area contributed by atoms with Crippen molar-refractivity contribution < 1.29 is 19.4 Å². The van der Waals surface area contributed by atoms with Gasteiger partial charge >= 0.3 is 5.97 Å². The summed E-state index contributed by atoms with van der Waals surface area (Å²) in [4.78, 5) is 10.5. The minimum atomic E-state index is -0.791. The first-order chi connectivity index (χ1) is 9.43. The Kier molecular flexibility index (Phi) is 7.12. The van der Waals surface area contributed by atoms with Gasteiger partial charge in [0.25, 0.3) is 0 Å². The lowest BCUT2D eigenvalue weighted by Crippen LogP contribution is -2.06. The largest absolute Gasteiger partial charge is 0.496 e. The summed E-state index contributed by atoms with van der Waals surface area (Å²) in [6.07, 6.45) is 1.55. The Hall–Kier alpha value is -0.980. The number of carboxylic acid groups (broad SMARTS) is 1. The van der Waals surface area contributed by atoms with Crippen molar-refractivity contribution in [3.05, 3.63) is 21.3 Å². The molecule has 0 saturated heterocycles. The number of carboxylic acids is 1. The van der Waals surface area contributed by atoms with Crippen LogP contribution in [0, 0.1) is 9.49 Å². The summed E-state index contributed by atoms with van der Waals surface area (Å²) in [6.45, 7) is 4.72. The molecular formula is C15H21IO4. The molecule has 0 spiro atoms. The third kappa shape index (κ3) is 5.56. The molecule has 1 aromatic rings. The van der Waals surface area contributed by atoms with Gasteiger partial charge in [0, 0.05) is 6.42 Å². The quantitative estimate of drug-likeness (QED) is 0.541. The maximum Gasteiger partial charge on any atom is 0.303 e. The van der Waals surface area contributed by atoms with Crippen LogP contribution in [0.1, 0.15) is 32.3 Å². The molecule has 0 fully saturated rings. The minimum Gasteiger partial charge on any atom is -0.496 e. The molecule has 0 aliphatic rings. The highest BCUT2D eigenvalue weighted by molar-refractivity contribution is 14.1. The Morgan fingerprint density at radius 2 is 2.05 bits per heavy atom. The molecule has 0 unspecified atom stereocenters. The zero-order valence-electron chi connectivity index (χ0n) is 12.1. The standard InChI is InChI=1S/C15H21IO4/c1-10(2)7-11-8-14(19-3)12(16)9-13(11)20-6-4-5-15(17)18/h8-10H,4-7H2,1-3H3,(H,17,18). The second-order valence-electron chi connectivity index (χ2n) is 5.04. The summed E-state index contributed by atoms with van der Waals surface area (Å²) >= 11 is 2.21. The van der Waals surface area contributed by atoms with Crippen molar-refractivity contribution in [3.63, 3.8) is 0 Å². The monoisotopic (exact) mass is 392 g/mol. The predicted octanol–water partition coefficient (Wildman–Crippen LogP) is 3.74. The van der Waals surface area contributed by atoms with Crippen LogP contribution in [-0.2, 0) is 11.2 Å².